The lowest BCUT2D eigenvalue weighted by Gasteiger charge is -2.36. The zero-order valence-corrected chi connectivity index (χ0v) is 14.0. The molecule has 1 saturated carbocycles. The fourth-order valence-electron chi connectivity index (χ4n) is 2.97. The Morgan fingerprint density at radius 1 is 1.25 bits per heavy atom. The second kappa shape index (κ2) is 7.50. The summed E-state index contributed by atoms with van der Waals surface area (Å²) in [6.45, 7) is 2.77. The number of ether oxygens (including phenoxy) is 1. The van der Waals surface area contributed by atoms with Crippen molar-refractivity contribution in [2.45, 2.75) is 18.9 Å². The molecule has 5 nitrogen and oxygen atoms in total. The van der Waals surface area contributed by atoms with E-state index in [0.29, 0.717) is 32.1 Å². The molecule has 5 heteroatoms. The van der Waals surface area contributed by atoms with Crippen LogP contribution in [0.3, 0.4) is 0 Å². The molecule has 0 radical (unpaired) electrons. The highest BCUT2D eigenvalue weighted by Gasteiger charge is 2.26. The molecular formula is C19H23N3O2. The maximum absolute atomic E-state index is 12.2. The predicted octanol–water partition coefficient (Wildman–Crippen LogP) is 2.37. The summed E-state index contributed by atoms with van der Waals surface area (Å²) in [5.74, 6) is 1.50. The number of nitriles is 1. The van der Waals surface area contributed by atoms with Crippen molar-refractivity contribution >= 4 is 5.91 Å². The number of carbonyl (C=O) groups is 1. The van der Waals surface area contributed by atoms with E-state index in [1.807, 2.05) is 35.2 Å². The lowest BCUT2D eigenvalue weighted by Crippen LogP contribution is -2.49. The van der Waals surface area contributed by atoms with Crippen LogP contribution in [0.15, 0.2) is 36.4 Å². The van der Waals surface area contributed by atoms with Crippen LogP contribution in [0.25, 0.3) is 0 Å². The van der Waals surface area contributed by atoms with E-state index in [-0.39, 0.29) is 11.9 Å². The van der Waals surface area contributed by atoms with Crippen molar-refractivity contribution in [1.82, 2.24) is 9.80 Å². The second-order valence-electron chi connectivity index (χ2n) is 6.36. The van der Waals surface area contributed by atoms with Gasteiger partial charge in [-0.2, -0.15) is 5.26 Å². The van der Waals surface area contributed by atoms with E-state index in [1.165, 1.54) is 12.8 Å². The van der Waals surface area contributed by atoms with Crippen molar-refractivity contribution < 1.29 is 9.53 Å². The molecule has 1 atom stereocenters. The number of nitrogens with zero attached hydrogens (tertiary/aromatic N) is 3. The number of amides is 1. The van der Waals surface area contributed by atoms with Gasteiger partial charge in [0.1, 0.15) is 11.8 Å². The van der Waals surface area contributed by atoms with Gasteiger partial charge in [-0.25, -0.2) is 0 Å². The van der Waals surface area contributed by atoms with Gasteiger partial charge >= 0.3 is 0 Å². The first-order valence-corrected chi connectivity index (χ1v) is 8.46. The van der Waals surface area contributed by atoms with Gasteiger partial charge in [0, 0.05) is 26.2 Å². The topological polar surface area (TPSA) is 56.6 Å². The van der Waals surface area contributed by atoms with Gasteiger partial charge in [0.25, 0.3) is 0 Å². The number of carbonyl (C=O) groups excluding carboxylic acids is 1. The van der Waals surface area contributed by atoms with Gasteiger partial charge in [0.2, 0.25) is 5.91 Å². The molecule has 0 spiro atoms. The molecule has 3 rings (SSSR count). The van der Waals surface area contributed by atoms with Crippen LogP contribution in [0.2, 0.25) is 0 Å². The Labute approximate surface area is 143 Å². The van der Waals surface area contributed by atoms with Gasteiger partial charge in [-0.15, -0.1) is 0 Å². The summed E-state index contributed by atoms with van der Waals surface area (Å²) in [6.07, 6.45) is 6.18. The van der Waals surface area contributed by atoms with E-state index in [1.54, 1.807) is 13.2 Å². The van der Waals surface area contributed by atoms with Crippen LogP contribution >= 0.6 is 0 Å². The van der Waals surface area contributed by atoms with Gasteiger partial charge in [0.05, 0.1) is 13.2 Å². The summed E-state index contributed by atoms with van der Waals surface area (Å²) >= 11 is 0. The number of rotatable bonds is 5. The molecule has 1 aliphatic heterocycles. The Balaban J connectivity index is 1.57. The molecule has 1 unspecified atom stereocenters. The fraction of sp³-hybridized carbons (Fsp3) is 0.474. The molecular weight excluding hydrogens is 302 g/mol. The monoisotopic (exact) mass is 325 g/mol. The van der Waals surface area contributed by atoms with Gasteiger partial charge in [-0.1, -0.05) is 18.2 Å². The largest absolute Gasteiger partial charge is 0.497 e. The minimum Gasteiger partial charge on any atom is -0.497 e. The van der Waals surface area contributed by atoms with E-state index in [4.69, 9.17) is 4.74 Å². The zero-order chi connectivity index (χ0) is 16.9. The minimum absolute atomic E-state index is 0.0968. The van der Waals surface area contributed by atoms with Crippen molar-refractivity contribution in [2.24, 2.45) is 5.92 Å². The van der Waals surface area contributed by atoms with Crippen LogP contribution in [0.4, 0.5) is 0 Å². The molecule has 1 aromatic rings. The first kappa shape index (κ1) is 16.5. The van der Waals surface area contributed by atoms with Crippen molar-refractivity contribution in [3.8, 4) is 11.8 Å². The quantitative estimate of drug-likeness (QED) is 0.780. The van der Waals surface area contributed by atoms with E-state index >= 15 is 0 Å². The molecule has 126 valence electrons. The molecule has 1 aromatic carbocycles. The maximum atomic E-state index is 12.2. The van der Waals surface area contributed by atoms with Crippen LogP contribution in [0.1, 0.15) is 24.4 Å². The number of benzene rings is 1. The smallest absolute Gasteiger partial charge is 0.246 e. The van der Waals surface area contributed by atoms with Crippen LogP contribution in [0, 0.1) is 17.2 Å². The third kappa shape index (κ3) is 3.95. The molecule has 0 bridgehead atoms. The molecule has 2 fully saturated rings. The number of hydrogen-bond donors (Lipinski definition) is 0. The Kier molecular flexibility index (Phi) is 5.17. The van der Waals surface area contributed by atoms with Crippen molar-refractivity contribution in [1.29, 1.82) is 5.26 Å². The van der Waals surface area contributed by atoms with E-state index < -0.39 is 0 Å². The number of piperazine rings is 1. The molecule has 0 N–H and O–H groups in total. The van der Waals surface area contributed by atoms with Crippen LogP contribution in [-0.2, 0) is 4.79 Å². The Morgan fingerprint density at radius 3 is 2.46 bits per heavy atom. The Hall–Kier alpha value is -2.32. The van der Waals surface area contributed by atoms with E-state index in [0.717, 1.165) is 11.3 Å². The highest BCUT2D eigenvalue weighted by molar-refractivity contribution is 5.87. The van der Waals surface area contributed by atoms with Crippen molar-refractivity contribution in [2.75, 3.05) is 33.3 Å². The average Bonchev–Trinajstić information content (AvgIpc) is 3.46. The minimum atomic E-state index is -0.282. The zero-order valence-electron chi connectivity index (χ0n) is 14.0. The summed E-state index contributed by atoms with van der Waals surface area (Å²) < 4.78 is 5.17. The van der Waals surface area contributed by atoms with E-state index in [2.05, 4.69) is 11.0 Å². The molecule has 0 aromatic heterocycles. The average molecular weight is 325 g/mol. The lowest BCUT2D eigenvalue weighted by molar-refractivity contribution is -0.127. The normalized spacial score (nSPS) is 19.9. The highest BCUT2D eigenvalue weighted by Crippen LogP contribution is 2.30. The first-order valence-electron chi connectivity index (χ1n) is 8.46. The first-order chi connectivity index (χ1) is 11.7. The molecule has 1 aliphatic carbocycles. The number of hydrogen-bond acceptors (Lipinski definition) is 4. The third-order valence-corrected chi connectivity index (χ3v) is 4.68. The highest BCUT2D eigenvalue weighted by atomic mass is 16.5. The molecule has 24 heavy (non-hydrogen) atoms. The van der Waals surface area contributed by atoms with Crippen LogP contribution in [0.5, 0.6) is 5.75 Å². The lowest BCUT2D eigenvalue weighted by atomic mass is 10.1. The van der Waals surface area contributed by atoms with Crippen molar-refractivity contribution in [3.63, 3.8) is 0 Å². The predicted molar refractivity (Wildman–Crippen MR) is 91.4 cm³/mol. The third-order valence-electron chi connectivity index (χ3n) is 4.68. The Bertz CT molecular complexity index is 636. The SMILES string of the molecule is COc1ccc(C(C#N)N2CCN(C(=O)/C=C/C3CC3)CC2)cc1. The van der Waals surface area contributed by atoms with Gasteiger partial charge in [-0.05, 0) is 42.5 Å². The fourth-order valence-corrected chi connectivity index (χ4v) is 2.97. The summed E-state index contributed by atoms with van der Waals surface area (Å²) in [5.41, 5.74) is 0.965. The van der Waals surface area contributed by atoms with E-state index in [9.17, 15) is 10.1 Å². The van der Waals surface area contributed by atoms with Crippen molar-refractivity contribution in [3.05, 3.63) is 42.0 Å². The summed E-state index contributed by atoms with van der Waals surface area (Å²) in [7, 11) is 1.63. The molecule has 1 saturated heterocycles. The van der Waals surface area contributed by atoms with Gasteiger partial charge < -0.3 is 9.64 Å². The number of allylic oxidation sites excluding steroid dienone is 1. The maximum Gasteiger partial charge on any atom is 0.246 e. The summed E-state index contributed by atoms with van der Waals surface area (Å²) in [4.78, 5) is 16.2. The standard InChI is InChI=1S/C19H23N3O2/c1-24-17-7-5-16(6-8-17)18(14-20)21-10-12-22(13-11-21)19(23)9-4-15-2-3-15/h4-9,15,18H,2-3,10-13H2,1H3/b9-4+. The second-order valence-corrected chi connectivity index (χ2v) is 6.36. The Morgan fingerprint density at radius 2 is 1.92 bits per heavy atom. The number of methoxy groups -OCH3 is 1. The summed E-state index contributed by atoms with van der Waals surface area (Å²) in [6, 6.07) is 9.72. The van der Waals surface area contributed by atoms with Gasteiger partial charge in [-0.3, -0.25) is 9.69 Å². The molecule has 2 aliphatic rings. The molecule has 1 amide bonds. The molecule has 1 heterocycles. The van der Waals surface area contributed by atoms with Crippen LogP contribution < -0.4 is 4.74 Å². The van der Waals surface area contributed by atoms with Crippen LogP contribution in [-0.4, -0.2) is 49.0 Å². The van der Waals surface area contributed by atoms with Gasteiger partial charge in [0.15, 0.2) is 0 Å². The summed E-state index contributed by atoms with van der Waals surface area (Å²) in [5, 5.41) is 9.57.